The van der Waals surface area contributed by atoms with Crippen molar-refractivity contribution in [2.75, 3.05) is 11.9 Å². The van der Waals surface area contributed by atoms with Crippen LogP contribution in [0, 0.1) is 0 Å². The molecule has 0 aliphatic heterocycles. The van der Waals surface area contributed by atoms with Gasteiger partial charge in [0.15, 0.2) is 0 Å². The Balaban J connectivity index is 2.68. The van der Waals surface area contributed by atoms with Gasteiger partial charge < -0.3 is 4.74 Å². The number of anilines is 1. The van der Waals surface area contributed by atoms with Crippen molar-refractivity contribution in [2.45, 2.75) is 6.42 Å². The second kappa shape index (κ2) is 6.45. The SMILES string of the molecule is C=CCOC(=O)Nc1ccccc1CC=C. The molecule has 1 N–H and O–H groups in total. The number of rotatable bonds is 5. The van der Waals surface area contributed by atoms with Crippen molar-refractivity contribution >= 4 is 11.8 Å². The summed E-state index contributed by atoms with van der Waals surface area (Å²) in [6.07, 6.45) is 3.54. The molecule has 0 bridgehead atoms. The van der Waals surface area contributed by atoms with Crippen LogP contribution in [0.2, 0.25) is 0 Å². The molecule has 84 valence electrons. The zero-order valence-electron chi connectivity index (χ0n) is 9.11. The summed E-state index contributed by atoms with van der Waals surface area (Å²) in [6.45, 7) is 7.34. The van der Waals surface area contributed by atoms with E-state index in [0.717, 1.165) is 11.3 Å². The number of benzene rings is 1. The Kier molecular flexibility index (Phi) is 4.86. The number of nitrogens with one attached hydrogen (secondary N) is 1. The summed E-state index contributed by atoms with van der Waals surface area (Å²) in [5.41, 5.74) is 1.75. The highest BCUT2D eigenvalue weighted by Gasteiger charge is 2.05. The molecule has 3 heteroatoms. The molecule has 0 heterocycles. The first-order valence-electron chi connectivity index (χ1n) is 5.01. The zero-order valence-corrected chi connectivity index (χ0v) is 9.11. The van der Waals surface area contributed by atoms with Crippen molar-refractivity contribution in [3.63, 3.8) is 0 Å². The lowest BCUT2D eigenvalue weighted by Gasteiger charge is -2.09. The average molecular weight is 217 g/mol. The van der Waals surface area contributed by atoms with Gasteiger partial charge in [0.25, 0.3) is 0 Å². The molecule has 16 heavy (non-hydrogen) atoms. The predicted octanol–water partition coefficient (Wildman–Crippen LogP) is 3.15. The van der Waals surface area contributed by atoms with Crippen molar-refractivity contribution in [3.05, 3.63) is 55.1 Å². The Morgan fingerprint density at radius 2 is 2.06 bits per heavy atom. The number of carbonyl (C=O) groups excluding carboxylic acids is 1. The normalized spacial score (nSPS) is 9.25. The molecule has 0 unspecified atom stereocenters. The summed E-state index contributed by atoms with van der Waals surface area (Å²) in [6, 6.07) is 7.54. The average Bonchev–Trinajstić information content (AvgIpc) is 2.29. The monoisotopic (exact) mass is 217 g/mol. The van der Waals surface area contributed by atoms with Crippen LogP contribution in [0.1, 0.15) is 5.56 Å². The van der Waals surface area contributed by atoms with Crippen LogP contribution in [0.15, 0.2) is 49.6 Å². The molecule has 0 radical (unpaired) electrons. The van der Waals surface area contributed by atoms with Gasteiger partial charge in [-0.1, -0.05) is 36.9 Å². The molecule has 1 aromatic rings. The number of ether oxygens (including phenoxy) is 1. The number of para-hydroxylation sites is 1. The Morgan fingerprint density at radius 1 is 1.31 bits per heavy atom. The van der Waals surface area contributed by atoms with E-state index >= 15 is 0 Å². The van der Waals surface area contributed by atoms with Crippen molar-refractivity contribution in [2.24, 2.45) is 0 Å². The third-order valence-corrected chi connectivity index (χ3v) is 1.95. The molecule has 0 spiro atoms. The van der Waals surface area contributed by atoms with Crippen LogP contribution in [-0.4, -0.2) is 12.7 Å². The number of amides is 1. The van der Waals surface area contributed by atoms with E-state index in [2.05, 4.69) is 18.5 Å². The maximum absolute atomic E-state index is 11.3. The van der Waals surface area contributed by atoms with Gasteiger partial charge in [0.05, 0.1) is 0 Å². The lowest BCUT2D eigenvalue weighted by Crippen LogP contribution is -2.14. The van der Waals surface area contributed by atoms with Crippen LogP contribution in [0.4, 0.5) is 10.5 Å². The number of carbonyl (C=O) groups is 1. The first kappa shape index (κ1) is 12.0. The van der Waals surface area contributed by atoms with E-state index in [0.29, 0.717) is 6.42 Å². The van der Waals surface area contributed by atoms with Crippen molar-refractivity contribution in [3.8, 4) is 0 Å². The Morgan fingerprint density at radius 3 is 2.75 bits per heavy atom. The second-order valence-corrected chi connectivity index (χ2v) is 3.16. The predicted molar refractivity (Wildman–Crippen MR) is 65.5 cm³/mol. The van der Waals surface area contributed by atoms with Crippen LogP contribution in [0.5, 0.6) is 0 Å². The number of hydrogen-bond donors (Lipinski definition) is 1. The minimum Gasteiger partial charge on any atom is -0.445 e. The van der Waals surface area contributed by atoms with E-state index in [1.807, 2.05) is 24.3 Å². The van der Waals surface area contributed by atoms with Crippen LogP contribution in [-0.2, 0) is 11.2 Å². The molecule has 0 atom stereocenters. The largest absolute Gasteiger partial charge is 0.445 e. The Hall–Kier alpha value is -2.03. The summed E-state index contributed by atoms with van der Waals surface area (Å²) >= 11 is 0. The first-order chi connectivity index (χ1) is 7.77. The Bertz CT molecular complexity index is 385. The highest BCUT2D eigenvalue weighted by molar-refractivity contribution is 5.85. The van der Waals surface area contributed by atoms with Crippen molar-refractivity contribution in [1.29, 1.82) is 0 Å². The maximum atomic E-state index is 11.3. The number of allylic oxidation sites excluding steroid dienone is 1. The van der Waals surface area contributed by atoms with Crippen LogP contribution >= 0.6 is 0 Å². The fraction of sp³-hybridized carbons (Fsp3) is 0.154. The molecular weight excluding hydrogens is 202 g/mol. The van der Waals surface area contributed by atoms with E-state index in [9.17, 15) is 4.79 Å². The highest BCUT2D eigenvalue weighted by Crippen LogP contribution is 2.15. The summed E-state index contributed by atoms with van der Waals surface area (Å²) < 4.78 is 4.83. The molecular formula is C13H15NO2. The molecule has 0 aliphatic rings. The molecule has 1 rings (SSSR count). The van der Waals surface area contributed by atoms with E-state index in [4.69, 9.17) is 4.74 Å². The van der Waals surface area contributed by atoms with Gasteiger partial charge in [0.1, 0.15) is 6.61 Å². The second-order valence-electron chi connectivity index (χ2n) is 3.16. The van der Waals surface area contributed by atoms with Gasteiger partial charge >= 0.3 is 6.09 Å². The van der Waals surface area contributed by atoms with Gasteiger partial charge in [-0.05, 0) is 18.1 Å². The summed E-state index contributed by atoms with van der Waals surface area (Å²) in [4.78, 5) is 11.3. The van der Waals surface area contributed by atoms with Gasteiger partial charge in [-0.2, -0.15) is 0 Å². The fourth-order valence-corrected chi connectivity index (χ4v) is 1.26. The number of hydrogen-bond acceptors (Lipinski definition) is 2. The van der Waals surface area contributed by atoms with Crippen LogP contribution in [0.25, 0.3) is 0 Å². The first-order valence-corrected chi connectivity index (χ1v) is 5.01. The van der Waals surface area contributed by atoms with Gasteiger partial charge in [-0.15, -0.1) is 6.58 Å². The van der Waals surface area contributed by atoms with E-state index in [1.54, 1.807) is 6.08 Å². The molecule has 0 fully saturated rings. The smallest absolute Gasteiger partial charge is 0.411 e. The quantitative estimate of drug-likeness (QED) is 0.769. The van der Waals surface area contributed by atoms with E-state index in [-0.39, 0.29) is 6.61 Å². The molecule has 3 nitrogen and oxygen atoms in total. The molecule has 0 saturated carbocycles. The third-order valence-electron chi connectivity index (χ3n) is 1.95. The lowest BCUT2D eigenvalue weighted by atomic mass is 10.1. The third kappa shape index (κ3) is 3.61. The molecule has 1 aromatic carbocycles. The van der Waals surface area contributed by atoms with Crippen LogP contribution in [0.3, 0.4) is 0 Å². The summed E-state index contributed by atoms with van der Waals surface area (Å²) in [7, 11) is 0. The van der Waals surface area contributed by atoms with Crippen molar-refractivity contribution in [1.82, 2.24) is 0 Å². The summed E-state index contributed by atoms with van der Waals surface area (Å²) in [5.74, 6) is 0. The lowest BCUT2D eigenvalue weighted by molar-refractivity contribution is 0.174. The topological polar surface area (TPSA) is 38.3 Å². The van der Waals surface area contributed by atoms with E-state index in [1.165, 1.54) is 6.08 Å². The van der Waals surface area contributed by atoms with Gasteiger partial charge in [-0.3, -0.25) is 5.32 Å². The molecule has 0 aromatic heterocycles. The van der Waals surface area contributed by atoms with Gasteiger partial charge in [0.2, 0.25) is 0 Å². The fourth-order valence-electron chi connectivity index (χ4n) is 1.26. The van der Waals surface area contributed by atoms with Gasteiger partial charge in [0, 0.05) is 5.69 Å². The van der Waals surface area contributed by atoms with E-state index < -0.39 is 6.09 Å². The molecule has 0 aliphatic carbocycles. The highest BCUT2D eigenvalue weighted by atomic mass is 16.5. The molecule has 1 amide bonds. The molecule has 0 saturated heterocycles. The van der Waals surface area contributed by atoms with Crippen LogP contribution < -0.4 is 5.32 Å². The Labute approximate surface area is 95.4 Å². The minimum atomic E-state index is -0.476. The maximum Gasteiger partial charge on any atom is 0.411 e. The standard InChI is InChI=1S/C13H15NO2/c1-3-7-11-8-5-6-9-12(11)14-13(15)16-10-4-2/h3-6,8-9H,1-2,7,10H2,(H,14,15). The summed E-state index contributed by atoms with van der Waals surface area (Å²) in [5, 5.41) is 2.67. The van der Waals surface area contributed by atoms with Crippen molar-refractivity contribution < 1.29 is 9.53 Å². The zero-order chi connectivity index (χ0) is 11.8. The van der Waals surface area contributed by atoms with Gasteiger partial charge in [-0.25, -0.2) is 4.79 Å². The minimum absolute atomic E-state index is 0.204.